The van der Waals surface area contributed by atoms with Crippen molar-refractivity contribution >= 4 is 22.4 Å². The second-order valence-electron chi connectivity index (χ2n) is 6.11. The predicted octanol–water partition coefficient (Wildman–Crippen LogP) is 2.14. The predicted molar refractivity (Wildman–Crippen MR) is 90.9 cm³/mol. The minimum Gasteiger partial charge on any atom is -0.300 e. The van der Waals surface area contributed by atoms with Crippen LogP contribution in [-0.2, 0) is 11.2 Å². The van der Waals surface area contributed by atoms with E-state index in [1.807, 2.05) is 30.3 Å². The summed E-state index contributed by atoms with van der Waals surface area (Å²) in [7, 11) is 0. The number of nitrogens with one attached hydrogen (secondary N) is 3. The molecular weight excluding hydrogens is 310 g/mol. The number of anilines is 1. The Kier molecular flexibility index (Phi) is 5.00. The third kappa shape index (κ3) is 3.93. The zero-order valence-corrected chi connectivity index (χ0v) is 14.1. The molecule has 2 atom stereocenters. The minimum atomic E-state index is -0.185. The number of carbonyl (C=O) groups is 1. The number of nitrogens with zero attached hydrogens (tertiary/aromatic N) is 2. The number of aromatic nitrogens is 2. The molecule has 2 aromatic rings. The third-order valence-corrected chi connectivity index (χ3v) is 4.62. The Hall–Kier alpha value is -1.83. The molecule has 3 N–H and O–H groups in total. The Morgan fingerprint density at radius 3 is 2.87 bits per heavy atom. The van der Waals surface area contributed by atoms with Gasteiger partial charge in [0.2, 0.25) is 11.0 Å². The van der Waals surface area contributed by atoms with Crippen LogP contribution in [0.4, 0.5) is 5.13 Å². The van der Waals surface area contributed by atoms with Crippen LogP contribution >= 0.6 is 11.3 Å². The first-order chi connectivity index (χ1) is 11.1. The van der Waals surface area contributed by atoms with Crippen LogP contribution in [0.3, 0.4) is 0 Å². The van der Waals surface area contributed by atoms with Crippen LogP contribution < -0.4 is 16.2 Å². The molecule has 0 radical (unpaired) electrons. The van der Waals surface area contributed by atoms with Crippen LogP contribution in [0.5, 0.6) is 0 Å². The van der Waals surface area contributed by atoms with Crippen molar-refractivity contribution in [2.75, 3.05) is 11.9 Å². The number of hydrogen-bond acceptors (Lipinski definition) is 6. The summed E-state index contributed by atoms with van der Waals surface area (Å²) in [5.74, 6) is 0.302. The monoisotopic (exact) mass is 331 g/mol. The van der Waals surface area contributed by atoms with Gasteiger partial charge in [-0.25, -0.2) is 5.43 Å². The molecule has 23 heavy (non-hydrogen) atoms. The quantitative estimate of drug-likeness (QED) is 0.782. The Morgan fingerprint density at radius 2 is 2.13 bits per heavy atom. The van der Waals surface area contributed by atoms with E-state index in [1.54, 1.807) is 0 Å². The van der Waals surface area contributed by atoms with Gasteiger partial charge in [-0.1, -0.05) is 55.5 Å². The van der Waals surface area contributed by atoms with Crippen molar-refractivity contribution in [3.63, 3.8) is 0 Å². The van der Waals surface area contributed by atoms with Gasteiger partial charge < -0.3 is 5.32 Å². The smallest absolute Gasteiger partial charge is 0.232 e. The van der Waals surface area contributed by atoms with Gasteiger partial charge >= 0.3 is 0 Å². The van der Waals surface area contributed by atoms with Crippen LogP contribution in [-0.4, -0.2) is 22.6 Å². The fraction of sp³-hybridized carbons (Fsp3) is 0.438. The molecule has 122 valence electrons. The van der Waals surface area contributed by atoms with E-state index in [0.717, 1.165) is 17.0 Å². The van der Waals surface area contributed by atoms with E-state index >= 15 is 0 Å². The Labute approximate surface area is 139 Å². The van der Waals surface area contributed by atoms with Gasteiger partial charge in [-0.2, -0.15) is 0 Å². The van der Waals surface area contributed by atoms with Crippen molar-refractivity contribution in [1.82, 2.24) is 21.0 Å². The van der Waals surface area contributed by atoms with Gasteiger partial charge in [0.1, 0.15) is 5.01 Å². The van der Waals surface area contributed by atoms with E-state index in [9.17, 15) is 4.79 Å². The first kappa shape index (κ1) is 16.0. The normalized spacial score (nSPS) is 20.8. The number of hydrogen-bond donors (Lipinski definition) is 3. The van der Waals surface area contributed by atoms with Crippen LogP contribution in [0.25, 0.3) is 0 Å². The molecular formula is C16H21N5OS. The molecule has 1 aromatic heterocycles. The average molecular weight is 331 g/mol. The molecule has 1 aromatic carbocycles. The lowest BCUT2D eigenvalue weighted by atomic mass is 9.94. The van der Waals surface area contributed by atoms with E-state index in [2.05, 4.69) is 40.2 Å². The van der Waals surface area contributed by atoms with E-state index in [1.165, 1.54) is 11.3 Å². The standard InChI is InChI=1S/C16H21N5OS/c1-10(2)8-13-19-21-16(23-13)18-15(22)12-9-17-20-14(12)11-6-4-3-5-7-11/h3-7,10,12,14,17,20H,8-9H2,1-2H3,(H,18,21,22). The maximum atomic E-state index is 12.6. The molecule has 1 fully saturated rings. The highest BCUT2D eigenvalue weighted by Gasteiger charge is 2.34. The van der Waals surface area contributed by atoms with E-state index < -0.39 is 0 Å². The fourth-order valence-electron chi connectivity index (χ4n) is 2.65. The van der Waals surface area contributed by atoms with Crippen molar-refractivity contribution in [2.24, 2.45) is 11.8 Å². The number of hydrazine groups is 1. The Bertz CT molecular complexity index is 658. The second kappa shape index (κ2) is 7.16. The van der Waals surface area contributed by atoms with Crippen molar-refractivity contribution < 1.29 is 4.79 Å². The van der Waals surface area contributed by atoms with Gasteiger partial charge in [0.15, 0.2) is 0 Å². The summed E-state index contributed by atoms with van der Waals surface area (Å²) in [5, 5.41) is 12.6. The topological polar surface area (TPSA) is 78.9 Å². The maximum absolute atomic E-state index is 12.6. The van der Waals surface area contributed by atoms with Crippen LogP contribution in [0.1, 0.15) is 30.5 Å². The first-order valence-electron chi connectivity index (χ1n) is 7.80. The number of amides is 1. The zero-order chi connectivity index (χ0) is 16.2. The first-order valence-corrected chi connectivity index (χ1v) is 8.61. The number of rotatable bonds is 5. The molecule has 1 aliphatic heterocycles. The van der Waals surface area contributed by atoms with Crippen LogP contribution in [0.2, 0.25) is 0 Å². The molecule has 1 aliphatic rings. The zero-order valence-electron chi connectivity index (χ0n) is 13.2. The van der Waals surface area contributed by atoms with Gasteiger partial charge in [0.25, 0.3) is 0 Å². The molecule has 2 heterocycles. The molecule has 0 bridgehead atoms. The third-order valence-electron chi connectivity index (χ3n) is 3.76. The van der Waals surface area contributed by atoms with Gasteiger partial charge in [0.05, 0.1) is 12.0 Å². The van der Waals surface area contributed by atoms with Crippen molar-refractivity contribution in [2.45, 2.75) is 26.3 Å². The lowest BCUT2D eigenvalue weighted by Crippen LogP contribution is -2.29. The molecule has 0 saturated carbocycles. The van der Waals surface area contributed by atoms with Gasteiger partial charge in [0, 0.05) is 13.0 Å². The minimum absolute atomic E-state index is 0.0383. The summed E-state index contributed by atoms with van der Waals surface area (Å²) < 4.78 is 0. The van der Waals surface area contributed by atoms with E-state index in [4.69, 9.17) is 0 Å². The highest BCUT2D eigenvalue weighted by atomic mass is 32.1. The van der Waals surface area contributed by atoms with Gasteiger partial charge in [-0.05, 0) is 11.5 Å². The molecule has 0 aliphatic carbocycles. The van der Waals surface area contributed by atoms with Crippen molar-refractivity contribution in [1.29, 1.82) is 0 Å². The second-order valence-corrected chi connectivity index (χ2v) is 7.17. The summed E-state index contributed by atoms with van der Waals surface area (Å²) in [5.41, 5.74) is 7.35. The highest BCUT2D eigenvalue weighted by molar-refractivity contribution is 7.15. The molecule has 2 unspecified atom stereocenters. The van der Waals surface area contributed by atoms with E-state index in [-0.39, 0.29) is 17.9 Å². The summed E-state index contributed by atoms with van der Waals surface area (Å²) in [6.45, 7) is 4.86. The number of benzene rings is 1. The molecule has 6 nitrogen and oxygen atoms in total. The maximum Gasteiger partial charge on any atom is 0.232 e. The lowest BCUT2D eigenvalue weighted by Gasteiger charge is -2.17. The van der Waals surface area contributed by atoms with Crippen molar-refractivity contribution in [3.05, 3.63) is 40.9 Å². The van der Waals surface area contributed by atoms with Crippen molar-refractivity contribution in [3.8, 4) is 0 Å². The van der Waals surface area contributed by atoms with Gasteiger partial charge in [-0.15, -0.1) is 10.2 Å². The fourth-order valence-corrected chi connectivity index (χ4v) is 3.61. The average Bonchev–Trinajstić information content (AvgIpc) is 3.17. The summed E-state index contributed by atoms with van der Waals surface area (Å²) in [6.07, 6.45) is 0.882. The Balaban J connectivity index is 1.66. The van der Waals surface area contributed by atoms with E-state index in [0.29, 0.717) is 17.6 Å². The summed E-state index contributed by atoms with van der Waals surface area (Å²) in [6, 6.07) is 9.94. The molecule has 7 heteroatoms. The van der Waals surface area contributed by atoms with Gasteiger partial charge in [-0.3, -0.25) is 10.2 Å². The lowest BCUT2D eigenvalue weighted by molar-refractivity contribution is -0.119. The van der Waals surface area contributed by atoms with Crippen LogP contribution in [0.15, 0.2) is 30.3 Å². The van der Waals surface area contributed by atoms with Crippen LogP contribution in [0, 0.1) is 11.8 Å². The summed E-state index contributed by atoms with van der Waals surface area (Å²) >= 11 is 1.45. The molecule has 1 saturated heterocycles. The molecule has 3 rings (SSSR count). The molecule has 1 amide bonds. The highest BCUT2D eigenvalue weighted by Crippen LogP contribution is 2.26. The SMILES string of the molecule is CC(C)Cc1nnc(NC(=O)C2CNNC2c2ccccc2)s1. The Morgan fingerprint density at radius 1 is 1.35 bits per heavy atom. The largest absolute Gasteiger partial charge is 0.300 e. The number of carbonyl (C=O) groups excluding carboxylic acids is 1. The molecule has 0 spiro atoms. The summed E-state index contributed by atoms with van der Waals surface area (Å²) in [4.78, 5) is 12.6.